The molecule has 2 heterocycles. The first-order valence-electron chi connectivity index (χ1n) is 10.6. The first-order valence-corrected chi connectivity index (χ1v) is 12.3. The van der Waals surface area contributed by atoms with E-state index in [1.165, 1.54) is 23.7 Å². The molecule has 1 aromatic carbocycles. The van der Waals surface area contributed by atoms with Crippen LogP contribution in [0.25, 0.3) is 0 Å². The SMILES string of the molecule is C[C@@H]1CC[C@@H]2[C@@H](C1)O[C@H]1CO[C@@H](C(C)(C)[Se]c3ccccc3)CN1C2(C)C. The number of hydrogen-bond acceptors (Lipinski definition) is 3. The Morgan fingerprint density at radius 2 is 1.89 bits per heavy atom. The maximum absolute atomic E-state index is 6.59. The van der Waals surface area contributed by atoms with Crippen molar-refractivity contribution in [1.29, 1.82) is 0 Å². The van der Waals surface area contributed by atoms with E-state index >= 15 is 0 Å². The van der Waals surface area contributed by atoms with Crippen LogP contribution < -0.4 is 4.46 Å². The summed E-state index contributed by atoms with van der Waals surface area (Å²) < 4.78 is 14.6. The molecule has 3 nitrogen and oxygen atoms in total. The summed E-state index contributed by atoms with van der Waals surface area (Å²) in [5, 5.41) is 0. The zero-order chi connectivity index (χ0) is 19.2. The van der Waals surface area contributed by atoms with Crippen LogP contribution in [0.15, 0.2) is 30.3 Å². The first-order chi connectivity index (χ1) is 12.8. The Hall–Kier alpha value is -0.381. The van der Waals surface area contributed by atoms with E-state index in [9.17, 15) is 0 Å². The molecule has 2 aliphatic heterocycles. The quantitative estimate of drug-likeness (QED) is 0.672. The molecule has 4 rings (SSSR count). The Kier molecular flexibility index (Phi) is 5.50. The van der Waals surface area contributed by atoms with Gasteiger partial charge in [-0.05, 0) is 0 Å². The molecule has 0 spiro atoms. The second-order valence-electron chi connectivity index (χ2n) is 9.80. The van der Waals surface area contributed by atoms with Gasteiger partial charge in [-0.3, -0.25) is 0 Å². The van der Waals surface area contributed by atoms with Crippen LogP contribution in [-0.4, -0.2) is 57.0 Å². The number of fused-ring (bicyclic) bond motifs is 2. The van der Waals surface area contributed by atoms with Gasteiger partial charge in [0.15, 0.2) is 0 Å². The molecule has 1 aliphatic carbocycles. The molecular formula is C23H35NO2Se. The average molecular weight is 436 g/mol. The van der Waals surface area contributed by atoms with Gasteiger partial charge in [-0.25, -0.2) is 0 Å². The molecule has 4 heteroatoms. The van der Waals surface area contributed by atoms with Crippen molar-refractivity contribution in [3.8, 4) is 0 Å². The summed E-state index contributed by atoms with van der Waals surface area (Å²) in [6.07, 6.45) is 4.65. The standard InChI is InChI=1S/C23H35NO2Se/c1-16-11-12-18-19(13-16)26-21-15-25-20(14-24(21)22(18,2)3)23(4,5)27-17-9-7-6-8-10-17/h6-10,16,18-21H,11-15H2,1-5H3/t16-,18-,19-,20-,21+/m1/s1. The van der Waals surface area contributed by atoms with E-state index in [0.29, 0.717) is 33.6 Å². The summed E-state index contributed by atoms with van der Waals surface area (Å²) in [5.41, 5.74) is 0.186. The second-order valence-corrected chi connectivity index (χ2v) is 13.4. The third-order valence-corrected chi connectivity index (χ3v) is 9.80. The average Bonchev–Trinajstić information content (AvgIpc) is 2.61. The summed E-state index contributed by atoms with van der Waals surface area (Å²) in [6, 6.07) is 10.9. The molecule has 3 fully saturated rings. The molecule has 0 bridgehead atoms. The Labute approximate surface area is 171 Å². The van der Waals surface area contributed by atoms with Gasteiger partial charge in [0.1, 0.15) is 0 Å². The van der Waals surface area contributed by atoms with Crippen LogP contribution in [0.2, 0.25) is 4.31 Å². The second kappa shape index (κ2) is 7.46. The van der Waals surface area contributed by atoms with Crippen molar-refractivity contribution < 1.29 is 9.47 Å². The van der Waals surface area contributed by atoms with E-state index in [-0.39, 0.29) is 22.2 Å². The van der Waals surface area contributed by atoms with E-state index in [2.05, 4.69) is 69.9 Å². The first kappa shape index (κ1) is 19.9. The van der Waals surface area contributed by atoms with Crippen LogP contribution in [0.1, 0.15) is 53.9 Å². The Morgan fingerprint density at radius 3 is 2.63 bits per heavy atom. The molecule has 27 heavy (non-hydrogen) atoms. The fourth-order valence-electron chi connectivity index (χ4n) is 5.34. The molecule has 2 saturated heterocycles. The van der Waals surface area contributed by atoms with Crippen molar-refractivity contribution >= 4 is 19.4 Å². The molecule has 150 valence electrons. The summed E-state index contributed by atoms with van der Waals surface area (Å²) in [7, 11) is 0. The molecule has 3 aliphatic rings. The molecule has 0 N–H and O–H groups in total. The van der Waals surface area contributed by atoms with Crippen LogP contribution in [0.5, 0.6) is 0 Å². The molecule has 0 aromatic heterocycles. The zero-order valence-corrected chi connectivity index (χ0v) is 19.2. The number of morpholine rings is 1. The number of benzene rings is 1. The van der Waals surface area contributed by atoms with Gasteiger partial charge in [-0.1, -0.05) is 0 Å². The van der Waals surface area contributed by atoms with Crippen molar-refractivity contribution in [3.63, 3.8) is 0 Å². The van der Waals surface area contributed by atoms with Crippen LogP contribution in [-0.2, 0) is 9.47 Å². The third kappa shape index (κ3) is 3.89. The molecule has 1 saturated carbocycles. The molecule has 5 atom stereocenters. The molecule has 0 amide bonds. The van der Waals surface area contributed by atoms with E-state index < -0.39 is 0 Å². The molecule has 0 unspecified atom stereocenters. The zero-order valence-electron chi connectivity index (χ0n) is 17.5. The van der Waals surface area contributed by atoms with Crippen molar-refractivity contribution in [2.45, 2.75) is 82.2 Å². The van der Waals surface area contributed by atoms with Crippen molar-refractivity contribution in [1.82, 2.24) is 4.90 Å². The van der Waals surface area contributed by atoms with E-state index in [4.69, 9.17) is 9.47 Å². The van der Waals surface area contributed by atoms with Gasteiger partial charge < -0.3 is 0 Å². The van der Waals surface area contributed by atoms with Gasteiger partial charge >= 0.3 is 171 Å². The van der Waals surface area contributed by atoms with Gasteiger partial charge in [-0.2, -0.15) is 0 Å². The van der Waals surface area contributed by atoms with Gasteiger partial charge in [-0.15, -0.1) is 0 Å². The van der Waals surface area contributed by atoms with Crippen LogP contribution >= 0.6 is 0 Å². The predicted octanol–water partition coefficient (Wildman–Crippen LogP) is 3.86. The summed E-state index contributed by atoms with van der Waals surface area (Å²) >= 11 is 0.384. The molecular weight excluding hydrogens is 401 g/mol. The fourth-order valence-corrected chi connectivity index (χ4v) is 7.80. The Morgan fingerprint density at radius 1 is 1.15 bits per heavy atom. The van der Waals surface area contributed by atoms with Crippen molar-refractivity contribution in [2.75, 3.05) is 13.2 Å². The minimum absolute atomic E-state index is 0.128. The van der Waals surface area contributed by atoms with Gasteiger partial charge in [0.05, 0.1) is 0 Å². The normalized spacial score (nSPS) is 36.7. The van der Waals surface area contributed by atoms with E-state index in [0.717, 1.165) is 12.5 Å². The fraction of sp³-hybridized carbons (Fsp3) is 0.739. The number of rotatable bonds is 3. The Balaban J connectivity index is 1.50. The van der Waals surface area contributed by atoms with Gasteiger partial charge in [0, 0.05) is 0 Å². The molecule has 1 aromatic rings. The van der Waals surface area contributed by atoms with Crippen molar-refractivity contribution in [2.24, 2.45) is 11.8 Å². The topological polar surface area (TPSA) is 21.7 Å². The monoisotopic (exact) mass is 437 g/mol. The number of hydrogen-bond donors (Lipinski definition) is 0. The minimum atomic E-state index is 0.128. The maximum atomic E-state index is 6.59. The van der Waals surface area contributed by atoms with Crippen LogP contribution in [0, 0.1) is 11.8 Å². The summed E-state index contributed by atoms with van der Waals surface area (Å²) in [4.78, 5) is 2.64. The number of ether oxygens (including phenoxy) is 2. The van der Waals surface area contributed by atoms with E-state index in [1.807, 2.05) is 0 Å². The predicted molar refractivity (Wildman–Crippen MR) is 112 cm³/mol. The van der Waals surface area contributed by atoms with E-state index in [1.54, 1.807) is 0 Å². The van der Waals surface area contributed by atoms with Gasteiger partial charge in [0.2, 0.25) is 0 Å². The summed E-state index contributed by atoms with van der Waals surface area (Å²) in [5.74, 6) is 1.44. The van der Waals surface area contributed by atoms with Crippen molar-refractivity contribution in [3.05, 3.63) is 30.3 Å². The summed E-state index contributed by atoms with van der Waals surface area (Å²) in [6.45, 7) is 13.7. The third-order valence-electron chi connectivity index (χ3n) is 7.08. The van der Waals surface area contributed by atoms with Gasteiger partial charge in [0.25, 0.3) is 0 Å². The number of nitrogens with zero attached hydrogens (tertiary/aromatic N) is 1. The van der Waals surface area contributed by atoms with Crippen LogP contribution in [0.4, 0.5) is 0 Å². The Bertz CT molecular complexity index is 647. The molecule has 0 radical (unpaired) electrons. The van der Waals surface area contributed by atoms with Crippen LogP contribution in [0.3, 0.4) is 0 Å².